The molecule has 0 bridgehead atoms. The van der Waals surface area contributed by atoms with Gasteiger partial charge in [-0.25, -0.2) is 4.98 Å². The van der Waals surface area contributed by atoms with E-state index in [0.717, 1.165) is 18.5 Å². The Balaban J connectivity index is 1.91. The van der Waals surface area contributed by atoms with Gasteiger partial charge in [0.1, 0.15) is 5.84 Å². The van der Waals surface area contributed by atoms with Crippen LogP contribution in [0.4, 0.5) is 0 Å². The van der Waals surface area contributed by atoms with Gasteiger partial charge < -0.3 is 10.5 Å². The highest BCUT2D eigenvalue weighted by Crippen LogP contribution is 2.16. The van der Waals surface area contributed by atoms with Crippen LogP contribution in [0.25, 0.3) is 0 Å². The zero-order chi connectivity index (χ0) is 14.4. The van der Waals surface area contributed by atoms with Crippen molar-refractivity contribution in [1.29, 1.82) is 5.41 Å². The molecule has 1 aromatic heterocycles. The SMILES string of the molecule is Cc1ccc(C(=N)N)c(OCCCc2ccccc2)n1. The molecule has 0 fully saturated rings. The first kappa shape index (κ1) is 14.1. The molecule has 4 nitrogen and oxygen atoms in total. The van der Waals surface area contributed by atoms with Gasteiger partial charge in [0.25, 0.3) is 0 Å². The maximum atomic E-state index is 7.52. The summed E-state index contributed by atoms with van der Waals surface area (Å²) in [7, 11) is 0. The van der Waals surface area contributed by atoms with Gasteiger partial charge >= 0.3 is 0 Å². The maximum absolute atomic E-state index is 7.52. The highest BCUT2D eigenvalue weighted by molar-refractivity contribution is 5.97. The number of nitrogens with one attached hydrogen (secondary N) is 1. The Morgan fingerprint density at radius 1 is 1.20 bits per heavy atom. The molecule has 1 aromatic carbocycles. The third kappa shape index (κ3) is 3.82. The van der Waals surface area contributed by atoms with Crippen LogP contribution in [-0.2, 0) is 6.42 Å². The van der Waals surface area contributed by atoms with Gasteiger partial charge in [0, 0.05) is 5.69 Å². The number of nitrogen functional groups attached to an aromatic ring is 1. The number of benzene rings is 1. The van der Waals surface area contributed by atoms with E-state index in [0.29, 0.717) is 18.1 Å². The van der Waals surface area contributed by atoms with Gasteiger partial charge in [-0.05, 0) is 37.5 Å². The van der Waals surface area contributed by atoms with Crippen molar-refractivity contribution in [1.82, 2.24) is 4.98 Å². The lowest BCUT2D eigenvalue weighted by atomic mass is 10.1. The summed E-state index contributed by atoms with van der Waals surface area (Å²) in [6.07, 6.45) is 1.86. The first-order valence-corrected chi connectivity index (χ1v) is 6.65. The molecule has 4 heteroatoms. The van der Waals surface area contributed by atoms with E-state index < -0.39 is 0 Å². The van der Waals surface area contributed by atoms with Gasteiger partial charge in [0.15, 0.2) is 0 Å². The number of nitrogens with two attached hydrogens (primary N) is 1. The van der Waals surface area contributed by atoms with Crippen LogP contribution in [0.3, 0.4) is 0 Å². The van der Waals surface area contributed by atoms with Crippen LogP contribution < -0.4 is 10.5 Å². The Hall–Kier alpha value is -2.36. The molecule has 0 radical (unpaired) electrons. The van der Waals surface area contributed by atoms with Crippen LogP contribution in [-0.4, -0.2) is 17.4 Å². The average molecular weight is 269 g/mol. The Bertz CT molecular complexity index is 582. The van der Waals surface area contributed by atoms with E-state index in [1.54, 1.807) is 6.07 Å². The molecule has 0 saturated heterocycles. The standard InChI is InChI=1S/C16H19N3O/c1-12-9-10-14(15(17)18)16(19-12)20-11-5-8-13-6-3-2-4-7-13/h2-4,6-7,9-10H,5,8,11H2,1H3,(H3,17,18). The van der Waals surface area contributed by atoms with Gasteiger partial charge in [-0.2, -0.15) is 0 Å². The highest BCUT2D eigenvalue weighted by Gasteiger charge is 2.08. The van der Waals surface area contributed by atoms with Gasteiger partial charge in [-0.3, -0.25) is 5.41 Å². The lowest BCUT2D eigenvalue weighted by Gasteiger charge is -2.10. The van der Waals surface area contributed by atoms with Crippen LogP contribution in [0, 0.1) is 12.3 Å². The molecule has 0 aliphatic rings. The fraction of sp³-hybridized carbons (Fsp3) is 0.250. The molecule has 0 unspecified atom stereocenters. The van der Waals surface area contributed by atoms with E-state index in [1.807, 2.05) is 31.2 Å². The van der Waals surface area contributed by atoms with Crippen LogP contribution in [0.5, 0.6) is 5.88 Å². The summed E-state index contributed by atoms with van der Waals surface area (Å²) < 4.78 is 5.67. The minimum atomic E-state index is -0.0180. The smallest absolute Gasteiger partial charge is 0.224 e. The predicted octanol–water partition coefficient (Wildman–Crippen LogP) is 2.69. The lowest BCUT2D eigenvalue weighted by molar-refractivity contribution is 0.298. The third-order valence-corrected chi connectivity index (χ3v) is 2.98. The van der Waals surface area contributed by atoms with E-state index in [1.165, 1.54) is 5.56 Å². The summed E-state index contributed by atoms with van der Waals surface area (Å²) in [5.74, 6) is 0.432. The highest BCUT2D eigenvalue weighted by atomic mass is 16.5. The maximum Gasteiger partial charge on any atom is 0.224 e. The molecule has 0 aliphatic heterocycles. The Labute approximate surface area is 119 Å². The van der Waals surface area contributed by atoms with Gasteiger partial charge in [0.05, 0.1) is 12.2 Å². The number of hydrogen-bond donors (Lipinski definition) is 2. The van der Waals surface area contributed by atoms with E-state index >= 15 is 0 Å². The number of rotatable bonds is 6. The number of hydrogen-bond acceptors (Lipinski definition) is 3. The predicted molar refractivity (Wildman–Crippen MR) is 80.2 cm³/mol. The van der Waals surface area contributed by atoms with Crippen molar-refractivity contribution in [2.45, 2.75) is 19.8 Å². The van der Waals surface area contributed by atoms with E-state index in [2.05, 4.69) is 17.1 Å². The number of nitrogens with zero attached hydrogens (tertiary/aromatic N) is 1. The zero-order valence-corrected chi connectivity index (χ0v) is 11.6. The van der Waals surface area contributed by atoms with Crippen LogP contribution >= 0.6 is 0 Å². The van der Waals surface area contributed by atoms with Crippen molar-refractivity contribution in [2.75, 3.05) is 6.61 Å². The van der Waals surface area contributed by atoms with Crippen molar-refractivity contribution < 1.29 is 4.74 Å². The summed E-state index contributed by atoms with van der Waals surface area (Å²) >= 11 is 0. The number of ether oxygens (including phenoxy) is 1. The molecule has 2 aromatic rings. The van der Waals surface area contributed by atoms with E-state index in [4.69, 9.17) is 15.9 Å². The molecule has 0 amide bonds. The molecule has 2 rings (SSSR count). The average Bonchev–Trinajstić information content (AvgIpc) is 2.44. The second-order valence-corrected chi connectivity index (χ2v) is 4.66. The molecule has 0 spiro atoms. The number of aromatic nitrogens is 1. The summed E-state index contributed by atoms with van der Waals surface area (Å²) in [5, 5.41) is 7.52. The minimum absolute atomic E-state index is 0.0180. The van der Waals surface area contributed by atoms with Crippen molar-refractivity contribution in [3.63, 3.8) is 0 Å². The molecule has 0 saturated carbocycles. The quantitative estimate of drug-likeness (QED) is 0.481. The molecule has 0 atom stereocenters. The number of pyridine rings is 1. The number of aryl methyl sites for hydroxylation is 2. The lowest BCUT2D eigenvalue weighted by Crippen LogP contribution is -2.15. The van der Waals surface area contributed by atoms with E-state index in [9.17, 15) is 0 Å². The van der Waals surface area contributed by atoms with Crippen molar-refractivity contribution in [2.24, 2.45) is 5.73 Å². The van der Waals surface area contributed by atoms with Crippen LogP contribution in [0.2, 0.25) is 0 Å². The molecular formula is C16H19N3O. The van der Waals surface area contributed by atoms with Gasteiger partial charge in [-0.1, -0.05) is 30.3 Å². The topological polar surface area (TPSA) is 72.0 Å². The molecule has 20 heavy (non-hydrogen) atoms. The monoisotopic (exact) mass is 269 g/mol. The van der Waals surface area contributed by atoms with Crippen molar-refractivity contribution in [3.05, 3.63) is 59.3 Å². The zero-order valence-electron chi connectivity index (χ0n) is 11.6. The molecular weight excluding hydrogens is 250 g/mol. The Kier molecular flexibility index (Phi) is 4.71. The van der Waals surface area contributed by atoms with Crippen molar-refractivity contribution >= 4 is 5.84 Å². The molecule has 3 N–H and O–H groups in total. The number of amidine groups is 1. The third-order valence-electron chi connectivity index (χ3n) is 2.98. The molecule has 1 heterocycles. The largest absolute Gasteiger partial charge is 0.477 e. The fourth-order valence-corrected chi connectivity index (χ4v) is 1.94. The van der Waals surface area contributed by atoms with Gasteiger partial charge in [-0.15, -0.1) is 0 Å². The molecule has 0 aliphatic carbocycles. The second kappa shape index (κ2) is 6.70. The summed E-state index contributed by atoms with van der Waals surface area (Å²) in [5.41, 5.74) is 8.22. The normalized spacial score (nSPS) is 10.2. The van der Waals surface area contributed by atoms with Crippen LogP contribution in [0.15, 0.2) is 42.5 Å². The first-order valence-electron chi connectivity index (χ1n) is 6.65. The van der Waals surface area contributed by atoms with Crippen LogP contribution in [0.1, 0.15) is 23.2 Å². The minimum Gasteiger partial charge on any atom is -0.477 e. The molecule has 104 valence electrons. The fourth-order valence-electron chi connectivity index (χ4n) is 1.94. The summed E-state index contributed by atoms with van der Waals surface area (Å²) in [6.45, 7) is 2.45. The van der Waals surface area contributed by atoms with Gasteiger partial charge in [0.2, 0.25) is 5.88 Å². The summed E-state index contributed by atoms with van der Waals surface area (Å²) in [4.78, 5) is 4.30. The summed E-state index contributed by atoms with van der Waals surface area (Å²) in [6, 6.07) is 13.9. The van der Waals surface area contributed by atoms with Crippen molar-refractivity contribution in [3.8, 4) is 5.88 Å². The Morgan fingerprint density at radius 2 is 1.95 bits per heavy atom. The first-order chi connectivity index (χ1) is 9.66. The Morgan fingerprint density at radius 3 is 2.65 bits per heavy atom. The van der Waals surface area contributed by atoms with E-state index in [-0.39, 0.29) is 5.84 Å². The second-order valence-electron chi connectivity index (χ2n) is 4.66.